The SMILES string of the molecule is COCCCS(=O)(=O)Nc1ccc(O)cc1C. The lowest BCUT2D eigenvalue weighted by atomic mass is 10.2. The zero-order chi connectivity index (χ0) is 12.9. The fourth-order valence-electron chi connectivity index (χ4n) is 1.37. The number of anilines is 1. The fraction of sp³-hybridized carbons (Fsp3) is 0.455. The predicted molar refractivity (Wildman–Crippen MR) is 66.7 cm³/mol. The molecule has 0 saturated carbocycles. The molecule has 0 bridgehead atoms. The number of nitrogens with one attached hydrogen (secondary N) is 1. The molecule has 5 nitrogen and oxygen atoms in total. The normalized spacial score (nSPS) is 11.4. The molecule has 0 saturated heterocycles. The zero-order valence-electron chi connectivity index (χ0n) is 9.93. The Balaban J connectivity index is 2.69. The van der Waals surface area contributed by atoms with Gasteiger partial charge in [0.1, 0.15) is 5.75 Å². The summed E-state index contributed by atoms with van der Waals surface area (Å²) in [6, 6.07) is 4.49. The second-order valence-electron chi connectivity index (χ2n) is 3.77. The van der Waals surface area contributed by atoms with E-state index in [1.54, 1.807) is 13.0 Å². The van der Waals surface area contributed by atoms with Crippen LogP contribution in [-0.2, 0) is 14.8 Å². The third kappa shape index (κ3) is 4.62. The van der Waals surface area contributed by atoms with E-state index in [4.69, 9.17) is 4.74 Å². The van der Waals surface area contributed by atoms with Gasteiger partial charge < -0.3 is 9.84 Å². The Labute approximate surface area is 101 Å². The van der Waals surface area contributed by atoms with E-state index in [0.717, 1.165) is 0 Å². The summed E-state index contributed by atoms with van der Waals surface area (Å²) < 4.78 is 30.6. The number of phenolic OH excluding ortho intramolecular Hbond substituents is 1. The highest BCUT2D eigenvalue weighted by molar-refractivity contribution is 7.92. The minimum absolute atomic E-state index is 0.0150. The molecule has 0 aliphatic rings. The quantitative estimate of drug-likeness (QED) is 0.599. The van der Waals surface area contributed by atoms with Crippen molar-refractivity contribution in [3.05, 3.63) is 23.8 Å². The van der Waals surface area contributed by atoms with E-state index >= 15 is 0 Å². The summed E-state index contributed by atoms with van der Waals surface area (Å²) in [6.07, 6.45) is 0.447. The molecular weight excluding hydrogens is 242 g/mol. The highest BCUT2D eigenvalue weighted by Gasteiger charge is 2.11. The molecule has 1 aromatic carbocycles. The van der Waals surface area contributed by atoms with Crippen LogP contribution in [-0.4, -0.2) is 33.0 Å². The third-order valence-corrected chi connectivity index (χ3v) is 3.59. The highest BCUT2D eigenvalue weighted by atomic mass is 32.2. The van der Waals surface area contributed by atoms with Gasteiger partial charge in [0.2, 0.25) is 10.0 Å². The van der Waals surface area contributed by atoms with Gasteiger partial charge in [-0.25, -0.2) is 8.42 Å². The fourth-order valence-corrected chi connectivity index (χ4v) is 2.54. The molecule has 0 aliphatic heterocycles. The Bertz CT molecular complexity index is 470. The second-order valence-corrected chi connectivity index (χ2v) is 5.61. The lowest BCUT2D eigenvalue weighted by Crippen LogP contribution is -2.18. The first kappa shape index (κ1) is 13.8. The Kier molecular flexibility index (Phi) is 4.77. The summed E-state index contributed by atoms with van der Waals surface area (Å²) in [4.78, 5) is 0. The maximum atomic E-state index is 11.7. The zero-order valence-corrected chi connectivity index (χ0v) is 10.8. The maximum absolute atomic E-state index is 11.7. The van der Waals surface area contributed by atoms with Gasteiger partial charge in [0, 0.05) is 13.7 Å². The van der Waals surface area contributed by atoms with E-state index in [1.807, 2.05) is 0 Å². The van der Waals surface area contributed by atoms with E-state index in [2.05, 4.69) is 4.72 Å². The number of phenols is 1. The molecule has 17 heavy (non-hydrogen) atoms. The summed E-state index contributed by atoms with van der Waals surface area (Å²) >= 11 is 0. The van der Waals surface area contributed by atoms with Crippen molar-refractivity contribution in [2.75, 3.05) is 24.2 Å². The molecule has 0 heterocycles. The molecule has 0 aliphatic carbocycles. The second kappa shape index (κ2) is 5.88. The molecule has 96 valence electrons. The first-order valence-electron chi connectivity index (χ1n) is 5.23. The van der Waals surface area contributed by atoms with E-state index in [0.29, 0.717) is 24.3 Å². The van der Waals surface area contributed by atoms with Crippen LogP contribution < -0.4 is 4.72 Å². The lowest BCUT2D eigenvalue weighted by Gasteiger charge is -2.10. The number of hydrogen-bond donors (Lipinski definition) is 2. The number of ether oxygens (including phenoxy) is 1. The number of benzene rings is 1. The van der Waals surface area contributed by atoms with Crippen molar-refractivity contribution in [1.29, 1.82) is 0 Å². The van der Waals surface area contributed by atoms with Gasteiger partial charge in [-0.3, -0.25) is 4.72 Å². The average Bonchev–Trinajstić information content (AvgIpc) is 2.22. The van der Waals surface area contributed by atoms with Gasteiger partial charge in [0.15, 0.2) is 0 Å². The summed E-state index contributed by atoms with van der Waals surface area (Å²) in [7, 11) is -1.82. The largest absolute Gasteiger partial charge is 0.508 e. The van der Waals surface area contributed by atoms with Gasteiger partial charge in [-0.05, 0) is 37.1 Å². The molecule has 0 radical (unpaired) electrons. The van der Waals surface area contributed by atoms with Crippen LogP contribution in [0.3, 0.4) is 0 Å². The van der Waals surface area contributed by atoms with Crippen LogP contribution in [0.1, 0.15) is 12.0 Å². The molecule has 0 atom stereocenters. The summed E-state index contributed by atoms with van der Waals surface area (Å²) in [5, 5.41) is 9.22. The molecule has 0 unspecified atom stereocenters. The van der Waals surface area contributed by atoms with Crippen LogP contribution in [0.4, 0.5) is 5.69 Å². The van der Waals surface area contributed by atoms with Gasteiger partial charge in [-0.1, -0.05) is 0 Å². The molecule has 1 aromatic rings. The smallest absolute Gasteiger partial charge is 0.232 e. The predicted octanol–water partition coefficient (Wildman–Crippen LogP) is 1.48. The first-order chi connectivity index (χ1) is 7.94. The van der Waals surface area contributed by atoms with Crippen LogP contribution in [0, 0.1) is 6.92 Å². The van der Waals surface area contributed by atoms with Gasteiger partial charge in [0.25, 0.3) is 0 Å². The van der Waals surface area contributed by atoms with Gasteiger partial charge in [0.05, 0.1) is 11.4 Å². The van der Waals surface area contributed by atoms with Crippen molar-refractivity contribution >= 4 is 15.7 Å². The lowest BCUT2D eigenvalue weighted by molar-refractivity contribution is 0.199. The van der Waals surface area contributed by atoms with Gasteiger partial charge >= 0.3 is 0 Å². The average molecular weight is 259 g/mol. The number of methoxy groups -OCH3 is 1. The molecular formula is C11H17NO4S. The molecule has 1 rings (SSSR count). The van der Waals surface area contributed by atoms with Crippen LogP contribution in [0.5, 0.6) is 5.75 Å². The molecule has 0 fully saturated rings. The van der Waals surface area contributed by atoms with E-state index < -0.39 is 10.0 Å². The van der Waals surface area contributed by atoms with Gasteiger partial charge in [-0.15, -0.1) is 0 Å². The number of hydrogen-bond acceptors (Lipinski definition) is 4. The van der Waals surface area contributed by atoms with Crippen molar-refractivity contribution in [3.8, 4) is 5.75 Å². The number of aromatic hydroxyl groups is 1. The van der Waals surface area contributed by atoms with Crippen molar-refractivity contribution in [2.24, 2.45) is 0 Å². The Morgan fingerprint density at radius 3 is 2.71 bits per heavy atom. The third-order valence-electron chi connectivity index (χ3n) is 2.24. The topological polar surface area (TPSA) is 75.6 Å². The van der Waals surface area contributed by atoms with Crippen LogP contribution in [0.25, 0.3) is 0 Å². The molecule has 2 N–H and O–H groups in total. The highest BCUT2D eigenvalue weighted by Crippen LogP contribution is 2.21. The first-order valence-corrected chi connectivity index (χ1v) is 6.89. The Morgan fingerprint density at radius 1 is 1.41 bits per heavy atom. The molecule has 0 amide bonds. The molecule has 6 heteroatoms. The van der Waals surface area contributed by atoms with Crippen molar-refractivity contribution in [1.82, 2.24) is 0 Å². The summed E-state index contributed by atoms with van der Waals surface area (Å²) in [5.74, 6) is 0.131. The molecule has 0 spiro atoms. The number of rotatable bonds is 6. The standard InChI is InChI=1S/C11H17NO4S/c1-9-8-10(13)4-5-11(9)12-17(14,15)7-3-6-16-2/h4-5,8,12-13H,3,6-7H2,1-2H3. The maximum Gasteiger partial charge on any atom is 0.232 e. The van der Waals surface area contributed by atoms with Crippen LogP contribution in [0.2, 0.25) is 0 Å². The number of sulfonamides is 1. The van der Waals surface area contributed by atoms with E-state index in [1.165, 1.54) is 19.2 Å². The van der Waals surface area contributed by atoms with Crippen molar-refractivity contribution < 1.29 is 18.3 Å². The van der Waals surface area contributed by atoms with Crippen molar-refractivity contribution in [3.63, 3.8) is 0 Å². The van der Waals surface area contributed by atoms with E-state index in [9.17, 15) is 13.5 Å². The minimum atomic E-state index is -3.35. The Morgan fingerprint density at radius 2 is 2.12 bits per heavy atom. The van der Waals surface area contributed by atoms with E-state index in [-0.39, 0.29) is 11.5 Å². The molecule has 0 aromatic heterocycles. The van der Waals surface area contributed by atoms with Crippen molar-refractivity contribution in [2.45, 2.75) is 13.3 Å². The summed E-state index contributed by atoms with van der Waals surface area (Å²) in [5.41, 5.74) is 1.17. The summed E-state index contributed by atoms with van der Waals surface area (Å²) in [6.45, 7) is 2.14. The van der Waals surface area contributed by atoms with Gasteiger partial charge in [-0.2, -0.15) is 0 Å². The van der Waals surface area contributed by atoms with Crippen LogP contribution >= 0.6 is 0 Å². The number of aryl methyl sites for hydroxylation is 1. The Hall–Kier alpha value is -1.27. The minimum Gasteiger partial charge on any atom is -0.508 e. The monoisotopic (exact) mass is 259 g/mol. The van der Waals surface area contributed by atoms with Crippen LogP contribution in [0.15, 0.2) is 18.2 Å².